The Hall–Kier alpha value is -2.67. The lowest BCUT2D eigenvalue weighted by molar-refractivity contribution is 0.195. The van der Waals surface area contributed by atoms with Gasteiger partial charge in [0.2, 0.25) is 0 Å². The van der Waals surface area contributed by atoms with E-state index in [4.69, 9.17) is 14.9 Å². The van der Waals surface area contributed by atoms with Crippen molar-refractivity contribution in [3.8, 4) is 5.75 Å². The largest absolute Gasteiger partial charge is 0.496 e. The Bertz CT molecular complexity index is 782. The van der Waals surface area contributed by atoms with Gasteiger partial charge in [-0.3, -0.25) is 4.79 Å². The van der Waals surface area contributed by atoms with E-state index < -0.39 is 0 Å². The number of methoxy groups -OCH3 is 1. The molecule has 0 radical (unpaired) electrons. The molecule has 2 aromatic rings. The van der Waals surface area contributed by atoms with Crippen molar-refractivity contribution in [1.82, 2.24) is 9.97 Å². The Morgan fingerprint density at radius 3 is 3.04 bits per heavy atom. The molecule has 1 atom stereocenters. The number of H-pyrrole nitrogens is 1. The number of hydrogen-bond donors (Lipinski definition) is 3. The third kappa shape index (κ3) is 3.46. The first-order valence-corrected chi connectivity index (χ1v) is 7.81. The predicted octanol–water partition coefficient (Wildman–Crippen LogP) is 1.57. The summed E-state index contributed by atoms with van der Waals surface area (Å²) in [4.78, 5) is 19.5. The molecule has 3 N–H and O–H groups in total. The van der Waals surface area contributed by atoms with E-state index in [0.717, 1.165) is 23.9 Å². The molecule has 0 bridgehead atoms. The zero-order valence-electron chi connectivity index (χ0n) is 13.5. The normalized spacial score (nSPS) is 16.8. The number of benzene rings is 1. The van der Waals surface area contributed by atoms with Crippen LogP contribution in [0.3, 0.4) is 0 Å². The van der Waals surface area contributed by atoms with Crippen molar-refractivity contribution in [3.05, 3.63) is 51.6 Å². The fourth-order valence-corrected chi connectivity index (χ4v) is 2.73. The van der Waals surface area contributed by atoms with E-state index in [0.29, 0.717) is 31.3 Å². The maximum atomic E-state index is 12.3. The monoisotopic (exact) mass is 328 g/mol. The van der Waals surface area contributed by atoms with Crippen LogP contribution < -0.4 is 15.6 Å². The molecule has 24 heavy (non-hydrogen) atoms. The first-order chi connectivity index (χ1) is 11.7. The van der Waals surface area contributed by atoms with Crippen LogP contribution in [0.2, 0.25) is 0 Å². The molecule has 7 heteroatoms. The number of rotatable bonds is 6. The van der Waals surface area contributed by atoms with Gasteiger partial charge in [-0.1, -0.05) is 18.2 Å². The molecular formula is C17H20N4O3. The second-order valence-corrected chi connectivity index (χ2v) is 5.61. The molecule has 2 heterocycles. The Morgan fingerprint density at radius 2 is 2.33 bits per heavy atom. The van der Waals surface area contributed by atoms with E-state index >= 15 is 0 Å². The van der Waals surface area contributed by atoms with E-state index in [2.05, 4.69) is 15.3 Å². The molecule has 1 aliphatic heterocycles. The highest BCUT2D eigenvalue weighted by Crippen LogP contribution is 2.20. The van der Waals surface area contributed by atoms with Gasteiger partial charge < -0.3 is 25.2 Å². The number of para-hydroxylation sites is 1. The van der Waals surface area contributed by atoms with Gasteiger partial charge in [-0.2, -0.15) is 0 Å². The van der Waals surface area contributed by atoms with E-state index in [1.54, 1.807) is 7.11 Å². The Morgan fingerprint density at radius 1 is 1.50 bits per heavy atom. The Kier molecular flexibility index (Phi) is 4.90. The van der Waals surface area contributed by atoms with E-state index in [1.807, 2.05) is 24.3 Å². The molecule has 0 aliphatic carbocycles. The number of anilines is 1. The molecule has 1 aromatic heterocycles. The molecule has 1 saturated heterocycles. The van der Waals surface area contributed by atoms with Gasteiger partial charge in [0.1, 0.15) is 17.4 Å². The quantitative estimate of drug-likeness (QED) is 0.699. The molecule has 0 spiro atoms. The maximum Gasteiger partial charge on any atom is 0.261 e. The Labute approximate surface area is 139 Å². The summed E-state index contributed by atoms with van der Waals surface area (Å²) in [7, 11) is 1.61. The summed E-state index contributed by atoms with van der Waals surface area (Å²) in [6.45, 7) is 1.27. The van der Waals surface area contributed by atoms with Crippen LogP contribution >= 0.6 is 0 Å². The summed E-state index contributed by atoms with van der Waals surface area (Å²) in [6, 6.07) is 7.72. The molecule has 126 valence electrons. The van der Waals surface area contributed by atoms with Gasteiger partial charge in [0.15, 0.2) is 0 Å². The lowest BCUT2D eigenvalue weighted by Crippen LogP contribution is -2.26. The van der Waals surface area contributed by atoms with Crippen LogP contribution in [0.4, 0.5) is 5.82 Å². The summed E-state index contributed by atoms with van der Waals surface area (Å²) in [5.41, 5.74) is 0.831. The lowest BCUT2D eigenvalue weighted by Gasteiger charge is -2.14. The topological polar surface area (TPSA) is 100 Å². The minimum atomic E-state index is -0.327. The minimum Gasteiger partial charge on any atom is -0.496 e. The Balaban J connectivity index is 1.92. The highest BCUT2D eigenvalue weighted by atomic mass is 16.5. The van der Waals surface area contributed by atoms with Crippen LogP contribution in [-0.2, 0) is 11.2 Å². The summed E-state index contributed by atoms with van der Waals surface area (Å²) < 4.78 is 10.7. The molecule has 1 aliphatic rings. The second kappa shape index (κ2) is 7.27. The SMILES string of the molecule is COc1ccccc1Cc1nc(NC2CCOC2)c(C=N)c(=O)[nH]1. The highest BCUT2D eigenvalue weighted by molar-refractivity contribution is 5.83. The molecular weight excluding hydrogens is 308 g/mol. The van der Waals surface area contributed by atoms with E-state index in [9.17, 15) is 4.79 Å². The second-order valence-electron chi connectivity index (χ2n) is 5.61. The third-order valence-electron chi connectivity index (χ3n) is 3.97. The van der Waals surface area contributed by atoms with E-state index in [-0.39, 0.29) is 17.2 Å². The van der Waals surface area contributed by atoms with Gasteiger partial charge in [-0.25, -0.2) is 4.98 Å². The van der Waals surface area contributed by atoms with Crippen molar-refractivity contribution in [2.75, 3.05) is 25.6 Å². The van der Waals surface area contributed by atoms with Crippen molar-refractivity contribution in [2.45, 2.75) is 18.9 Å². The zero-order valence-corrected chi connectivity index (χ0v) is 13.5. The fourth-order valence-electron chi connectivity index (χ4n) is 2.73. The van der Waals surface area contributed by atoms with Crippen molar-refractivity contribution >= 4 is 12.0 Å². The molecule has 7 nitrogen and oxygen atoms in total. The van der Waals surface area contributed by atoms with Crippen LogP contribution in [0.5, 0.6) is 5.75 Å². The van der Waals surface area contributed by atoms with Crippen LogP contribution in [0.25, 0.3) is 0 Å². The molecule has 1 fully saturated rings. The van der Waals surface area contributed by atoms with Gasteiger partial charge in [0, 0.05) is 24.8 Å². The van der Waals surface area contributed by atoms with Gasteiger partial charge in [-0.15, -0.1) is 0 Å². The van der Waals surface area contributed by atoms with E-state index in [1.165, 1.54) is 0 Å². The average molecular weight is 328 g/mol. The summed E-state index contributed by atoms with van der Waals surface area (Å²) in [5, 5.41) is 10.7. The number of aromatic amines is 1. The first-order valence-electron chi connectivity index (χ1n) is 7.81. The molecule has 0 amide bonds. The highest BCUT2D eigenvalue weighted by Gasteiger charge is 2.19. The van der Waals surface area contributed by atoms with Crippen LogP contribution in [-0.4, -0.2) is 42.5 Å². The molecule has 1 unspecified atom stereocenters. The fraction of sp³-hybridized carbons (Fsp3) is 0.353. The van der Waals surface area contributed by atoms with Gasteiger partial charge in [0.05, 0.1) is 25.3 Å². The summed E-state index contributed by atoms with van der Waals surface area (Å²) >= 11 is 0. The van der Waals surface area contributed by atoms with Crippen LogP contribution in [0.15, 0.2) is 29.1 Å². The van der Waals surface area contributed by atoms with Crippen molar-refractivity contribution in [1.29, 1.82) is 5.41 Å². The standard InChI is InChI=1S/C17H20N4O3/c1-23-14-5-3-2-4-11(14)8-15-20-16(13(9-18)17(22)21-15)19-12-6-7-24-10-12/h2-5,9,12,18H,6-8,10H2,1H3,(H2,19,20,21,22). The predicted molar refractivity (Wildman–Crippen MR) is 91.4 cm³/mol. The van der Waals surface area contributed by atoms with Crippen LogP contribution in [0, 0.1) is 5.41 Å². The first kappa shape index (κ1) is 16.2. The van der Waals surface area contributed by atoms with Gasteiger partial charge in [-0.05, 0) is 12.5 Å². The van der Waals surface area contributed by atoms with Crippen LogP contribution in [0.1, 0.15) is 23.4 Å². The molecule has 0 saturated carbocycles. The smallest absolute Gasteiger partial charge is 0.261 e. The lowest BCUT2D eigenvalue weighted by atomic mass is 10.1. The summed E-state index contributed by atoms with van der Waals surface area (Å²) in [6.07, 6.45) is 2.32. The third-order valence-corrected chi connectivity index (χ3v) is 3.97. The zero-order chi connectivity index (χ0) is 16.9. The van der Waals surface area contributed by atoms with Crippen molar-refractivity contribution in [2.24, 2.45) is 0 Å². The van der Waals surface area contributed by atoms with Crippen molar-refractivity contribution in [3.63, 3.8) is 0 Å². The number of aromatic nitrogens is 2. The van der Waals surface area contributed by atoms with Gasteiger partial charge in [0.25, 0.3) is 5.56 Å². The number of nitrogens with zero attached hydrogens (tertiary/aromatic N) is 1. The average Bonchev–Trinajstić information content (AvgIpc) is 3.08. The maximum absolute atomic E-state index is 12.3. The molecule has 3 rings (SSSR count). The molecule has 1 aromatic carbocycles. The summed E-state index contributed by atoms with van der Waals surface area (Å²) in [5.74, 6) is 1.70. The number of ether oxygens (including phenoxy) is 2. The number of nitrogens with one attached hydrogen (secondary N) is 3. The minimum absolute atomic E-state index is 0.108. The van der Waals surface area contributed by atoms with Gasteiger partial charge >= 0.3 is 0 Å². The number of hydrogen-bond acceptors (Lipinski definition) is 6. The van der Waals surface area contributed by atoms with Crippen molar-refractivity contribution < 1.29 is 9.47 Å².